The summed E-state index contributed by atoms with van der Waals surface area (Å²) < 4.78 is 0. The van der Waals surface area contributed by atoms with Gasteiger partial charge in [0.1, 0.15) is 0 Å². The number of alkyl halides is 1. The molecule has 1 aliphatic rings. The number of nitrogens with one attached hydrogen (secondary N) is 1. The van der Waals surface area contributed by atoms with Gasteiger partial charge in [-0.05, 0) is 51.2 Å². The van der Waals surface area contributed by atoms with E-state index < -0.39 is 0 Å². The van der Waals surface area contributed by atoms with Crippen LogP contribution >= 0.6 is 11.6 Å². The van der Waals surface area contributed by atoms with E-state index in [1.807, 2.05) is 0 Å². The summed E-state index contributed by atoms with van der Waals surface area (Å²) in [4.78, 5) is 2.21. The summed E-state index contributed by atoms with van der Waals surface area (Å²) in [5.74, 6) is 0. The summed E-state index contributed by atoms with van der Waals surface area (Å²) in [6, 6.07) is 8.90. The zero-order valence-corrected chi connectivity index (χ0v) is 11.4. The third-order valence-electron chi connectivity index (χ3n) is 3.31. The standard InChI is InChI=1S/C14H21ClN2/c1-17(2)9-5-8-16-14-12-7-4-3-6-11(12)10-13(14)15/h3-4,6-7,13-14,16H,5,8-10H2,1-2H3. The molecular weight excluding hydrogens is 232 g/mol. The van der Waals surface area contributed by atoms with Crippen molar-refractivity contribution in [3.05, 3.63) is 35.4 Å². The fourth-order valence-corrected chi connectivity index (χ4v) is 2.83. The second-order valence-corrected chi connectivity index (χ2v) is 5.57. The highest BCUT2D eigenvalue weighted by molar-refractivity contribution is 6.21. The maximum atomic E-state index is 6.41. The summed E-state index contributed by atoms with van der Waals surface area (Å²) >= 11 is 6.41. The molecule has 0 spiro atoms. The van der Waals surface area contributed by atoms with Crippen molar-refractivity contribution in [1.29, 1.82) is 0 Å². The third kappa shape index (κ3) is 3.21. The largest absolute Gasteiger partial charge is 0.309 e. The molecule has 2 nitrogen and oxygen atoms in total. The fourth-order valence-electron chi connectivity index (χ4n) is 2.44. The van der Waals surface area contributed by atoms with E-state index in [1.165, 1.54) is 11.1 Å². The van der Waals surface area contributed by atoms with Crippen molar-refractivity contribution in [3.8, 4) is 0 Å². The quantitative estimate of drug-likeness (QED) is 0.640. The van der Waals surface area contributed by atoms with Crippen LogP contribution in [-0.2, 0) is 6.42 Å². The molecule has 2 atom stereocenters. The molecule has 1 N–H and O–H groups in total. The Morgan fingerprint density at radius 2 is 2.12 bits per heavy atom. The number of nitrogens with zero attached hydrogens (tertiary/aromatic N) is 1. The Morgan fingerprint density at radius 1 is 1.35 bits per heavy atom. The lowest BCUT2D eigenvalue weighted by atomic mass is 10.1. The van der Waals surface area contributed by atoms with Crippen molar-refractivity contribution in [2.45, 2.75) is 24.3 Å². The number of hydrogen-bond donors (Lipinski definition) is 1. The maximum absolute atomic E-state index is 6.41. The van der Waals surface area contributed by atoms with E-state index >= 15 is 0 Å². The van der Waals surface area contributed by atoms with Crippen molar-refractivity contribution < 1.29 is 0 Å². The van der Waals surface area contributed by atoms with Gasteiger partial charge in [-0.1, -0.05) is 24.3 Å². The molecule has 1 aliphatic carbocycles. The predicted octanol–water partition coefficient (Wildman–Crippen LogP) is 2.43. The Bertz CT molecular complexity index is 365. The highest BCUT2D eigenvalue weighted by Crippen LogP contribution is 2.34. The minimum Gasteiger partial charge on any atom is -0.309 e. The number of rotatable bonds is 5. The van der Waals surface area contributed by atoms with Gasteiger partial charge in [-0.15, -0.1) is 11.6 Å². The van der Waals surface area contributed by atoms with Crippen molar-refractivity contribution in [3.63, 3.8) is 0 Å². The Hall–Kier alpha value is -0.570. The Labute approximate surface area is 109 Å². The van der Waals surface area contributed by atoms with Gasteiger partial charge in [0.15, 0.2) is 0 Å². The third-order valence-corrected chi connectivity index (χ3v) is 3.72. The van der Waals surface area contributed by atoms with Crippen LogP contribution in [0.3, 0.4) is 0 Å². The number of halogens is 1. The van der Waals surface area contributed by atoms with Gasteiger partial charge >= 0.3 is 0 Å². The minimum absolute atomic E-state index is 0.201. The van der Waals surface area contributed by atoms with Crippen LogP contribution in [0.1, 0.15) is 23.6 Å². The Kier molecular flexibility index (Phi) is 4.43. The molecule has 0 saturated heterocycles. The Balaban J connectivity index is 1.88. The van der Waals surface area contributed by atoms with Crippen LogP contribution in [0.4, 0.5) is 0 Å². The summed E-state index contributed by atoms with van der Waals surface area (Å²) in [5.41, 5.74) is 2.79. The first-order valence-corrected chi connectivity index (χ1v) is 6.72. The monoisotopic (exact) mass is 252 g/mol. The molecule has 0 radical (unpaired) electrons. The van der Waals surface area contributed by atoms with E-state index in [2.05, 4.69) is 48.6 Å². The zero-order valence-electron chi connectivity index (χ0n) is 10.6. The first-order chi connectivity index (χ1) is 8.18. The van der Waals surface area contributed by atoms with Crippen molar-refractivity contribution >= 4 is 11.6 Å². The van der Waals surface area contributed by atoms with Crippen LogP contribution in [0, 0.1) is 0 Å². The molecule has 3 heteroatoms. The van der Waals surface area contributed by atoms with E-state index in [0.29, 0.717) is 6.04 Å². The first kappa shape index (κ1) is 12.9. The van der Waals surface area contributed by atoms with Gasteiger partial charge in [-0.2, -0.15) is 0 Å². The maximum Gasteiger partial charge on any atom is 0.0571 e. The zero-order chi connectivity index (χ0) is 12.3. The van der Waals surface area contributed by atoms with Crippen molar-refractivity contribution in [2.24, 2.45) is 0 Å². The molecular formula is C14H21ClN2. The van der Waals surface area contributed by atoms with Crippen LogP contribution < -0.4 is 5.32 Å². The first-order valence-electron chi connectivity index (χ1n) is 6.28. The summed E-state index contributed by atoms with van der Waals surface area (Å²) in [6.45, 7) is 2.15. The molecule has 0 saturated carbocycles. The van der Waals surface area contributed by atoms with Crippen LogP contribution in [0.15, 0.2) is 24.3 Å². The van der Waals surface area contributed by atoms with Crippen molar-refractivity contribution in [2.75, 3.05) is 27.2 Å². The van der Waals surface area contributed by atoms with E-state index in [0.717, 1.165) is 25.9 Å². The van der Waals surface area contributed by atoms with Crippen molar-refractivity contribution in [1.82, 2.24) is 10.2 Å². The van der Waals surface area contributed by atoms with Crippen LogP contribution in [0.5, 0.6) is 0 Å². The molecule has 0 fully saturated rings. The highest BCUT2D eigenvalue weighted by atomic mass is 35.5. The second kappa shape index (κ2) is 5.85. The number of benzene rings is 1. The fraction of sp³-hybridized carbons (Fsp3) is 0.571. The second-order valence-electron chi connectivity index (χ2n) is 5.01. The lowest BCUT2D eigenvalue weighted by molar-refractivity contribution is 0.387. The van der Waals surface area contributed by atoms with Gasteiger partial charge in [0.25, 0.3) is 0 Å². The molecule has 2 rings (SSSR count). The predicted molar refractivity (Wildman–Crippen MR) is 73.7 cm³/mol. The van der Waals surface area contributed by atoms with Gasteiger partial charge in [0.2, 0.25) is 0 Å². The molecule has 1 aromatic rings. The summed E-state index contributed by atoms with van der Waals surface area (Å²) in [5, 5.41) is 3.79. The Morgan fingerprint density at radius 3 is 2.88 bits per heavy atom. The molecule has 17 heavy (non-hydrogen) atoms. The lowest BCUT2D eigenvalue weighted by Gasteiger charge is -2.18. The van der Waals surface area contributed by atoms with E-state index in [9.17, 15) is 0 Å². The number of fused-ring (bicyclic) bond motifs is 1. The average Bonchev–Trinajstić information content (AvgIpc) is 2.60. The molecule has 2 unspecified atom stereocenters. The number of hydrogen-bond acceptors (Lipinski definition) is 2. The van der Waals surface area contributed by atoms with E-state index in [4.69, 9.17) is 11.6 Å². The summed E-state index contributed by atoms with van der Waals surface area (Å²) in [6.07, 6.45) is 2.15. The molecule has 1 aromatic carbocycles. The van der Waals surface area contributed by atoms with Gasteiger partial charge in [-0.3, -0.25) is 0 Å². The van der Waals surface area contributed by atoms with Gasteiger partial charge in [0.05, 0.1) is 5.38 Å². The van der Waals surface area contributed by atoms with Crippen LogP contribution in [0.2, 0.25) is 0 Å². The normalized spacial score (nSPS) is 23.1. The van der Waals surface area contributed by atoms with Crippen LogP contribution in [-0.4, -0.2) is 37.5 Å². The molecule has 0 amide bonds. The average molecular weight is 253 g/mol. The van der Waals surface area contributed by atoms with Gasteiger partial charge in [0, 0.05) is 6.04 Å². The summed E-state index contributed by atoms with van der Waals surface area (Å²) in [7, 11) is 4.21. The van der Waals surface area contributed by atoms with Gasteiger partial charge in [-0.25, -0.2) is 0 Å². The SMILES string of the molecule is CN(C)CCCNC1c2ccccc2CC1Cl. The van der Waals surface area contributed by atoms with E-state index in [-0.39, 0.29) is 5.38 Å². The lowest BCUT2D eigenvalue weighted by Crippen LogP contribution is -2.28. The molecule has 94 valence electrons. The molecule has 0 heterocycles. The molecule has 0 aliphatic heterocycles. The van der Waals surface area contributed by atoms with Crippen LogP contribution in [0.25, 0.3) is 0 Å². The molecule has 0 aromatic heterocycles. The minimum atomic E-state index is 0.201. The van der Waals surface area contributed by atoms with Gasteiger partial charge < -0.3 is 10.2 Å². The van der Waals surface area contributed by atoms with E-state index in [1.54, 1.807) is 0 Å². The molecule has 0 bridgehead atoms. The highest BCUT2D eigenvalue weighted by Gasteiger charge is 2.29. The smallest absolute Gasteiger partial charge is 0.0571 e. The topological polar surface area (TPSA) is 15.3 Å².